The van der Waals surface area contributed by atoms with E-state index in [2.05, 4.69) is 10.6 Å². The Morgan fingerprint density at radius 3 is 2.44 bits per heavy atom. The molecule has 0 aliphatic carbocycles. The number of unbranched alkanes of at least 4 members (excludes halogenated alkanes) is 2. The van der Waals surface area contributed by atoms with Crippen LogP contribution >= 0.6 is 0 Å². The number of nitrogens with one attached hydrogen (secondary N) is 1. The van der Waals surface area contributed by atoms with Crippen molar-refractivity contribution in [2.75, 3.05) is 6.54 Å². The Morgan fingerprint density at radius 2 is 1.89 bits per heavy atom. The second-order valence-corrected chi connectivity index (χ2v) is 5.46. The topological polar surface area (TPSA) is 70.0 Å². The highest BCUT2D eigenvalue weighted by Gasteiger charge is 2.12. The van der Waals surface area contributed by atoms with Crippen molar-refractivity contribution in [3.63, 3.8) is 0 Å². The van der Waals surface area contributed by atoms with Crippen LogP contribution in [-0.4, -0.2) is 15.0 Å². The molecule has 1 N–H and O–H groups in total. The van der Waals surface area contributed by atoms with Crippen LogP contribution in [0, 0.1) is 23.7 Å². The fourth-order valence-corrected chi connectivity index (χ4v) is 2.42. The minimum absolute atomic E-state index is 0.165. The molecule has 0 saturated carbocycles. The molecule has 0 atom stereocenters. The van der Waals surface area contributed by atoms with Gasteiger partial charge in [0.25, 0.3) is 0 Å². The zero-order valence-electron chi connectivity index (χ0n) is 9.89. The lowest BCUT2D eigenvalue weighted by Crippen LogP contribution is -2.24. The highest BCUT2D eigenvalue weighted by Crippen LogP contribution is 2.09. The summed E-state index contributed by atoms with van der Waals surface area (Å²) in [6, 6.07) is 7.73. The van der Waals surface area contributed by atoms with E-state index in [-0.39, 0.29) is 4.90 Å². The van der Waals surface area contributed by atoms with Crippen LogP contribution in [0.1, 0.15) is 24.8 Å². The normalized spacial score (nSPS) is 10.6. The first kappa shape index (κ1) is 14.2. The Kier molecular flexibility index (Phi) is 5.38. The maximum atomic E-state index is 11.8. The SMILES string of the molecule is C#CCCCCNS(=O)(=O)c1ccc(C#N)cc1. The molecular formula is C13H14N2O2S. The predicted molar refractivity (Wildman–Crippen MR) is 69.0 cm³/mol. The molecule has 0 spiro atoms. The van der Waals surface area contributed by atoms with Gasteiger partial charge < -0.3 is 0 Å². The van der Waals surface area contributed by atoms with E-state index in [0.717, 1.165) is 6.42 Å². The van der Waals surface area contributed by atoms with Crippen LogP contribution in [0.15, 0.2) is 29.2 Å². The molecule has 0 bridgehead atoms. The van der Waals surface area contributed by atoms with Gasteiger partial charge in [-0.3, -0.25) is 0 Å². The lowest BCUT2D eigenvalue weighted by molar-refractivity contribution is 0.577. The Morgan fingerprint density at radius 1 is 1.22 bits per heavy atom. The fraction of sp³-hybridized carbons (Fsp3) is 0.308. The molecule has 0 fully saturated rings. The molecule has 0 aliphatic heterocycles. The molecule has 0 aliphatic rings. The molecule has 0 amide bonds. The Balaban J connectivity index is 2.58. The summed E-state index contributed by atoms with van der Waals surface area (Å²) >= 11 is 0. The molecule has 1 aromatic rings. The van der Waals surface area contributed by atoms with Gasteiger partial charge in [-0.25, -0.2) is 13.1 Å². The van der Waals surface area contributed by atoms with E-state index < -0.39 is 10.0 Å². The molecule has 94 valence electrons. The maximum Gasteiger partial charge on any atom is 0.240 e. The van der Waals surface area contributed by atoms with Crippen molar-refractivity contribution in [2.24, 2.45) is 0 Å². The molecule has 1 rings (SSSR count). The lowest BCUT2D eigenvalue weighted by atomic mass is 10.2. The molecule has 0 saturated heterocycles. The smallest absolute Gasteiger partial charge is 0.211 e. The molecule has 0 aromatic heterocycles. The summed E-state index contributed by atoms with van der Waals surface area (Å²) in [4.78, 5) is 0.165. The van der Waals surface area contributed by atoms with Crippen LogP contribution in [0.3, 0.4) is 0 Å². The van der Waals surface area contributed by atoms with E-state index >= 15 is 0 Å². The Bertz CT molecular complexity index is 562. The minimum Gasteiger partial charge on any atom is -0.211 e. The molecule has 1 aromatic carbocycles. The van der Waals surface area contributed by atoms with Crippen LogP contribution in [0.5, 0.6) is 0 Å². The van der Waals surface area contributed by atoms with E-state index in [1.165, 1.54) is 24.3 Å². The summed E-state index contributed by atoms with van der Waals surface area (Å²) in [7, 11) is -3.48. The molecular weight excluding hydrogens is 248 g/mol. The molecule has 18 heavy (non-hydrogen) atoms. The van der Waals surface area contributed by atoms with Gasteiger partial charge in [0.05, 0.1) is 16.5 Å². The average molecular weight is 262 g/mol. The van der Waals surface area contributed by atoms with Crippen LogP contribution in [-0.2, 0) is 10.0 Å². The number of sulfonamides is 1. The highest BCUT2D eigenvalue weighted by molar-refractivity contribution is 7.89. The molecule has 4 nitrogen and oxygen atoms in total. The van der Waals surface area contributed by atoms with Gasteiger partial charge in [-0.05, 0) is 37.1 Å². The van der Waals surface area contributed by atoms with Gasteiger partial charge in [-0.1, -0.05) is 0 Å². The number of nitrogens with zero attached hydrogens (tertiary/aromatic N) is 1. The van der Waals surface area contributed by atoms with Crippen LogP contribution in [0.2, 0.25) is 0 Å². The standard InChI is InChI=1S/C13H14N2O2S/c1-2-3-4-5-10-15-18(16,17)13-8-6-12(11-14)7-9-13/h1,6-9,15H,3-5,10H2. The van der Waals surface area contributed by atoms with Crippen molar-refractivity contribution < 1.29 is 8.42 Å². The Labute approximate surface area is 108 Å². The van der Waals surface area contributed by atoms with E-state index in [0.29, 0.717) is 24.9 Å². The maximum absolute atomic E-state index is 11.8. The zero-order chi connectivity index (χ0) is 13.4. The third-order valence-electron chi connectivity index (χ3n) is 2.33. The lowest BCUT2D eigenvalue weighted by Gasteiger charge is -2.06. The van der Waals surface area contributed by atoms with Crippen molar-refractivity contribution in [2.45, 2.75) is 24.2 Å². The van der Waals surface area contributed by atoms with E-state index in [4.69, 9.17) is 11.7 Å². The largest absolute Gasteiger partial charge is 0.240 e. The summed E-state index contributed by atoms with van der Waals surface area (Å²) in [5.41, 5.74) is 0.433. The zero-order valence-corrected chi connectivity index (χ0v) is 10.7. The first-order chi connectivity index (χ1) is 8.60. The number of rotatable bonds is 6. The number of hydrogen-bond donors (Lipinski definition) is 1. The first-order valence-corrected chi connectivity index (χ1v) is 7.02. The molecule has 5 heteroatoms. The van der Waals surface area contributed by atoms with Gasteiger partial charge in [-0.2, -0.15) is 5.26 Å². The number of terminal acetylenes is 1. The van der Waals surface area contributed by atoms with Crippen molar-refractivity contribution in [1.82, 2.24) is 4.72 Å². The van der Waals surface area contributed by atoms with Crippen molar-refractivity contribution in [3.8, 4) is 18.4 Å². The van der Waals surface area contributed by atoms with Crippen LogP contribution < -0.4 is 4.72 Å². The molecule has 0 heterocycles. The fourth-order valence-electron chi connectivity index (χ4n) is 1.35. The summed E-state index contributed by atoms with van der Waals surface area (Å²) in [6.45, 7) is 0.365. The van der Waals surface area contributed by atoms with E-state index in [1.807, 2.05) is 6.07 Å². The van der Waals surface area contributed by atoms with Crippen LogP contribution in [0.25, 0.3) is 0 Å². The van der Waals surface area contributed by atoms with Crippen molar-refractivity contribution in [1.29, 1.82) is 5.26 Å². The van der Waals surface area contributed by atoms with Gasteiger partial charge in [0.15, 0.2) is 0 Å². The first-order valence-electron chi connectivity index (χ1n) is 5.53. The van der Waals surface area contributed by atoms with Crippen molar-refractivity contribution in [3.05, 3.63) is 29.8 Å². The summed E-state index contributed by atoms with van der Waals surface area (Å²) in [5, 5.41) is 8.62. The van der Waals surface area contributed by atoms with Crippen molar-refractivity contribution >= 4 is 10.0 Å². The van der Waals surface area contributed by atoms with E-state index in [1.54, 1.807) is 0 Å². The highest BCUT2D eigenvalue weighted by atomic mass is 32.2. The molecule has 0 unspecified atom stereocenters. The summed E-state index contributed by atoms with van der Waals surface area (Å²) in [5.74, 6) is 2.50. The quantitative estimate of drug-likeness (QED) is 0.626. The van der Waals surface area contributed by atoms with Gasteiger partial charge in [0.2, 0.25) is 10.0 Å². The second-order valence-electron chi connectivity index (χ2n) is 3.70. The van der Waals surface area contributed by atoms with Crippen LogP contribution in [0.4, 0.5) is 0 Å². The number of nitriles is 1. The Hall–Kier alpha value is -1.82. The minimum atomic E-state index is -3.48. The predicted octanol–water partition coefficient (Wildman–Crippen LogP) is 1.64. The van der Waals surface area contributed by atoms with Gasteiger partial charge >= 0.3 is 0 Å². The van der Waals surface area contributed by atoms with Gasteiger partial charge in [0, 0.05) is 13.0 Å². The summed E-state index contributed by atoms with van der Waals surface area (Å²) < 4.78 is 26.2. The monoisotopic (exact) mass is 262 g/mol. The third kappa shape index (κ3) is 4.21. The van der Waals surface area contributed by atoms with Gasteiger partial charge in [0.1, 0.15) is 0 Å². The van der Waals surface area contributed by atoms with E-state index in [9.17, 15) is 8.42 Å². The summed E-state index contributed by atoms with van der Waals surface area (Å²) in [6.07, 6.45) is 7.26. The number of hydrogen-bond acceptors (Lipinski definition) is 3. The number of benzene rings is 1. The van der Waals surface area contributed by atoms with Gasteiger partial charge in [-0.15, -0.1) is 12.3 Å². The second kappa shape index (κ2) is 6.80. The molecule has 0 radical (unpaired) electrons. The third-order valence-corrected chi connectivity index (χ3v) is 3.81. The average Bonchev–Trinajstić information content (AvgIpc) is 2.38.